The molecule has 0 atom stereocenters. The average molecular weight is 279 g/mol. The molecule has 0 aromatic heterocycles. The van der Waals surface area contributed by atoms with Gasteiger partial charge < -0.3 is 10.2 Å². The van der Waals surface area contributed by atoms with Gasteiger partial charge in [-0.25, -0.2) is 0 Å². The molecule has 0 saturated carbocycles. The Morgan fingerprint density at radius 3 is 2.29 bits per heavy atom. The molecule has 3 heteroatoms. The van der Waals surface area contributed by atoms with Crippen LogP contribution in [0.1, 0.15) is 30.9 Å². The third-order valence-electron chi connectivity index (χ3n) is 3.28. The zero-order chi connectivity index (χ0) is 15.4. The molecule has 106 valence electrons. The highest BCUT2D eigenvalue weighted by atomic mass is 16.3. The van der Waals surface area contributed by atoms with E-state index in [1.54, 1.807) is 18.2 Å². The Labute approximate surface area is 124 Å². The van der Waals surface area contributed by atoms with Gasteiger partial charge in [0.2, 0.25) is 0 Å². The van der Waals surface area contributed by atoms with Crippen LogP contribution in [0.4, 0.5) is 0 Å². The maximum Gasteiger partial charge on any atom is 0.123 e. The number of rotatable bonds is 3. The van der Waals surface area contributed by atoms with Crippen molar-refractivity contribution in [2.75, 3.05) is 0 Å². The molecule has 0 amide bonds. The number of benzene rings is 2. The first-order chi connectivity index (χ1) is 10.0. The minimum absolute atomic E-state index is 0.0453. The molecule has 0 spiro atoms. The second kappa shape index (κ2) is 6.15. The number of phenolic OH excluding ortho intramolecular Hbond substituents is 2. The van der Waals surface area contributed by atoms with Crippen molar-refractivity contribution in [1.29, 1.82) is 5.26 Å². The second-order valence-electron chi connectivity index (χ2n) is 5.17. The molecular formula is C18H17NO2. The van der Waals surface area contributed by atoms with Crippen LogP contribution in [0.5, 0.6) is 11.5 Å². The molecule has 0 aliphatic heterocycles. The Balaban J connectivity index is 2.48. The lowest BCUT2D eigenvalue weighted by molar-refractivity contribution is 0.434. The zero-order valence-corrected chi connectivity index (χ0v) is 12.0. The molecule has 0 aliphatic rings. The molecule has 0 aliphatic carbocycles. The van der Waals surface area contributed by atoms with Crippen LogP contribution >= 0.6 is 0 Å². The van der Waals surface area contributed by atoms with E-state index in [-0.39, 0.29) is 17.4 Å². The van der Waals surface area contributed by atoms with Gasteiger partial charge in [-0.1, -0.05) is 32.0 Å². The van der Waals surface area contributed by atoms with E-state index >= 15 is 0 Å². The van der Waals surface area contributed by atoms with Gasteiger partial charge in [0.05, 0.1) is 6.07 Å². The van der Waals surface area contributed by atoms with Crippen molar-refractivity contribution >= 4 is 6.08 Å². The average Bonchev–Trinajstić information content (AvgIpc) is 2.44. The van der Waals surface area contributed by atoms with Gasteiger partial charge in [0.1, 0.15) is 11.5 Å². The molecule has 2 aromatic carbocycles. The van der Waals surface area contributed by atoms with Crippen molar-refractivity contribution in [3.63, 3.8) is 0 Å². The number of aromatic hydroxyl groups is 2. The fourth-order valence-corrected chi connectivity index (χ4v) is 2.34. The van der Waals surface area contributed by atoms with Crippen molar-refractivity contribution < 1.29 is 10.2 Å². The van der Waals surface area contributed by atoms with E-state index in [1.165, 1.54) is 6.08 Å². The summed E-state index contributed by atoms with van der Waals surface area (Å²) < 4.78 is 0. The number of nitriles is 1. The number of nitrogens with zero attached hydrogens (tertiary/aromatic N) is 1. The molecular weight excluding hydrogens is 262 g/mol. The SMILES string of the molecule is CC(C)c1c(O)cc(-c2cccc(C=CC#N)c2)cc1O. The summed E-state index contributed by atoms with van der Waals surface area (Å²) in [4.78, 5) is 0. The molecule has 0 bridgehead atoms. The molecule has 21 heavy (non-hydrogen) atoms. The summed E-state index contributed by atoms with van der Waals surface area (Å²) in [7, 11) is 0. The van der Waals surface area contributed by atoms with Gasteiger partial charge in [-0.15, -0.1) is 0 Å². The molecule has 0 saturated heterocycles. The predicted molar refractivity (Wildman–Crippen MR) is 83.9 cm³/mol. The zero-order valence-electron chi connectivity index (χ0n) is 12.0. The number of allylic oxidation sites excluding steroid dienone is 1. The summed E-state index contributed by atoms with van der Waals surface area (Å²) in [5.41, 5.74) is 3.05. The second-order valence-corrected chi connectivity index (χ2v) is 5.17. The summed E-state index contributed by atoms with van der Waals surface area (Å²) in [6, 6.07) is 12.8. The molecule has 2 rings (SSSR count). The number of hydrogen-bond donors (Lipinski definition) is 2. The predicted octanol–water partition coefficient (Wildman–Crippen LogP) is 4.42. The highest BCUT2D eigenvalue weighted by molar-refractivity contribution is 5.71. The summed E-state index contributed by atoms with van der Waals surface area (Å²) in [6.07, 6.45) is 3.13. The van der Waals surface area contributed by atoms with Crippen molar-refractivity contribution in [1.82, 2.24) is 0 Å². The summed E-state index contributed by atoms with van der Waals surface area (Å²) in [5, 5.41) is 28.8. The summed E-state index contributed by atoms with van der Waals surface area (Å²) in [6.45, 7) is 3.84. The topological polar surface area (TPSA) is 64.2 Å². The minimum Gasteiger partial charge on any atom is -0.507 e. The summed E-state index contributed by atoms with van der Waals surface area (Å²) >= 11 is 0. The molecule has 2 N–H and O–H groups in total. The van der Waals surface area contributed by atoms with Gasteiger partial charge in [0.25, 0.3) is 0 Å². The first-order valence-corrected chi connectivity index (χ1v) is 6.75. The van der Waals surface area contributed by atoms with Gasteiger partial charge in [0, 0.05) is 11.6 Å². The minimum atomic E-state index is 0.0453. The van der Waals surface area contributed by atoms with Crippen LogP contribution in [-0.2, 0) is 0 Å². The van der Waals surface area contributed by atoms with Gasteiger partial charge in [-0.3, -0.25) is 0 Å². The monoisotopic (exact) mass is 279 g/mol. The third kappa shape index (κ3) is 3.24. The quantitative estimate of drug-likeness (QED) is 0.817. The highest BCUT2D eigenvalue weighted by Gasteiger charge is 2.13. The van der Waals surface area contributed by atoms with Crippen LogP contribution in [0.3, 0.4) is 0 Å². The van der Waals surface area contributed by atoms with Crippen LogP contribution in [0.25, 0.3) is 17.2 Å². The fraction of sp³-hybridized carbons (Fsp3) is 0.167. The van der Waals surface area contributed by atoms with Crippen molar-refractivity contribution in [3.05, 3.63) is 53.6 Å². The molecule has 0 fully saturated rings. The van der Waals surface area contributed by atoms with Crippen molar-refractivity contribution in [2.45, 2.75) is 19.8 Å². The first kappa shape index (κ1) is 14.7. The summed E-state index contributed by atoms with van der Waals surface area (Å²) in [5.74, 6) is 0.236. The highest BCUT2D eigenvalue weighted by Crippen LogP contribution is 2.38. The van der Waals surface area contributed by atoms with E-state index in [2.05, 4.69) is 0 Å². The lowest BCUT2D eigenvalue weighted by Crippen LogP contribution is -1.90. The normalized spacial score (nSPS) is 11.0. The Morgan fingerprint density at radius 1 is 1.05 bits per heavy atom. The fourth-order valence-electron chi connectivity index (χ4n) is 2.34. The Hall–Kier alpha value is -2.73. The van der Waals surface area contributed by atoms with E-state index in [9.17, 15) is 10.2 Å². The van der Waals surface area contributed by atoms with E-state index < -0.39 is 0 Å². The Kier molecular flexibility index (Phi) is 4.30. The van der Waals surface area contributed by atoms with E-state index in [0.29, 0.717) is 5.56 Å². The van der Waals surface area contributed by atoms with E-state index in [4.69, 9.17) is 5.26 Å². The van der Waals surface area contributed by atoms with Crippen molar-refractivity contribution in [3.8, 4) is 28.7 Å². The maximum atomic E-state index is 10.1. The molecule has 0 radical (unpaired) electrons. The molecule has 0 heterocycles. The Morgan fingerprint density at radius 2 is 1.71 bits per heavy atom. The van der Waals surface area contributed by atoms with Gasteiger partial charge in [-0.2, -0.15) is 5.26 Å². The van der Waals surface area contributed by atoms with Crippen LogP contribution in [0.15, 0.2) is 42.5 Å². The van der Waals surface area contributed by atoms with Crippen LogP contribution in [0, 0.1) is 11.3 Å². The lowest BCUT2D eigenvalue weighted by Gasteiger charge is -2.13. The van der Waals surface area contributed by atoms with Crippen LogP contribution < -0.4 is 0 Å². The Bertz CT molecular complexity index is 701. The van der Waals surface area contributed by atoms with Gasteiger partial charge in [-0.05, 0) is 46.9 Å². The maximum absolute atomic E-state index is 10.1. The van der Waals surface area contributed by atoms with Gasteiger partial charge >= 0.3 is 0 Å². The molecule has 2 aromatic rings. The smallest absolute Gasteiger partial charge is 0.123 e. The molecule has 3 nitrogen and oxygen atoms in total. The van der Waals surface area contributed by atoms with Crippen molar-refractivity contribution in [2.24, 2.45) is 0 Å². The van der Waals surface area contributed by atoms with E-state index in [1.807, 2.05) is 44.2 Å². The van der Waals surface area contributed by atoms with Crippen LogP contribution in [0.2, 0.25) is 0 Å². The lowest BCUT2D eigenvalue weighted by atomic mass is 9.95. The van der Waals surface area contributed by atoms with Gasteiger partial charge in [0.15, 0.2) is 0 Å². The number of hydrogen-bond acceptors (Lipinski definition) is 3. The number of phenols is 2. The molecule has 0 unspecified atom stereocenters. The third-order valence-corrected chi connectivity index (χ3v) is 3.28. The standard InChI is InChI=1S/C18H17NO2/c1-12(2)18-16(20)10-15(11-17(18)21)14-7-3-5-13(9-14)6-4-8-19/h3-7,9-12,20-21H,1-2H3. The first-order valence-electron chi connectivity index (χ1n) is 6.75. The largest absolute Gasteiger partial charge is 0.507 e. The van der Waals surface area contributed by atoms with E-state index in [0.717, 1.165) is 16.7 Å². The van der Waals surface area contributed by atoms with Crippen LogP contribution in [-0.4, -0.2) is 10.2 Å².